The molecule has 1 aliphatic heterocycles. The second kappa shape index (κ2) is 11.1. The first-order valence-electron chi connectivity index (χ1n) is 9.88. The van der Waals surface area contributed by atoms with Gasteiger partial charge in [-0.05, 0) is 35.2 Å². The molecule has 1 aliphatic rings. The molecule has 0 aliphatic carbocycles. The Bertz CT molecular complexity index is 1010. The Morgan fingerprint density at radius 1 is 0.971 bits per heavy atom. The molecule has 0 aromatic heterocycles. The summed E-state index contributed by atoms with van der Waals surface area (Å²) in [5.41, 5.74) is 7.89. The molecule has 1 heterocycles. The number of carbonyl (C=O) groups excluding carboxylic acids is 1. The number of rotatable bonds is 5. The number of amides is 1. The topological polar surface area (TPSA) is 121 Å². The molecule has 1 amide bonds. The van der Waals surface area contributed by atoms with Crippen LogP contribution in [0, 0.1) is 5.82 Å². The van der Waals surface area contributed by atoms with Crippen LogP contribution in [-0.2, 0) is 14.4 Å². The summed E-state index contributed by atoms with van der Waals surface area (Å²) in [5, 5.41) is 16.7. The fourth-order valence-corrected chi connectivity index (χ4v) is 3.30. The quantitative estimate of drug-likeness (QED) is 0.556. The van der Waals surface area contributed by atoms with Crippen LogP contribution < -0.4 is 5.73 Å². The van der Waals surface area contributed by atoms with Gasteiger partial charge in [-0.1, -0.05) is 36.4 Å². The molecule has 0 saturated carbocycles. The predicted octanol–water partition coefficient (Wildman–Crippen LogP) is 3.19. The van der Waals surface area contributed by atoms with E-state index in [0.29, 0.717) is 5.56 Å². The van der Waals surface area contributed by atoms with Gasteiger partial charge in [0.1, 0.15) is 23.9 Å². The van der Waals surface area contributed by atoms with E-state index in [2.05, 4.69) is 0 Å². The molecule has 4 N–H and O–H groups in total. The molecule has 12 heteroatoms. The Kier molecular flexibility index (Phi) is 8.68. The molecule has 7 nitrogen and oxygen atoms in total. The second-order valence-electron chi connectivity index (χ2n) is 7.44. The van der Waals surface area contributed by atoms with Crippen molar-refractivity contribution in [1.29, 1.82) is 0 Å². The van der Waals surface area contributed by atoms with Crippen LogP contribution in [-0.4, -0.2) is 64.4 Å². The molecule has 1 saturated heterocycles. The standard InChI is InChI=1S/C20H20F2N2O3.C2HF3O2/c21-15-7-5-13(6-8-15)12-1-3-14(4-2-12)17(20(26)27)18(23)19(25)24-10-9-16(22)11-24;3-2(4,5)1(6)7/h1-8,16-18H,9-11,23H2,(H,26,27);(H,6,7)/t16-,17-,18-;/m0./s1. The van der Waals surface area contributed by atoms with Crippen molar-refractivity contribution in [2.24, 2.45) is 5.73 Å². The van der Waals surface area contributed by atoms with Gasteiger partial charge in [0.15, 0.2) is 0 Å². The minimum Gasteiger partial charge on any atom is -0.481 e. The fraction of sp³-hybridized carbons (Fsp3) is 0.318. The highest BCUT2D eigenvalue weighted by atomic mass is 19.4. The maximum Gasteiger partial charge on any atom is 0.490 e. The van der Waals surface area contributed by atoms with Crippen molar-refractivity contribution in [1.82, 2.24) is 4.90 Å². The van der Waals surface area contributed by atoms with Crippen molar-refractivity contribution in [3.63, 3.8) is 0 Å². The Hall–Kier alpha value is -3.54. The number of carboxylic acid groups (broad SMARTS) is 2. The molecule has 3 atom stereocenters. The van der Waals surface area contributed by atoms with E-state index in [1.165, 1.54) is 17.0 Å². The molecule has 0 radical (unpaired) electrons. The van der Waals surface area contributed by atoms with Crippen LogP contribution in [0.2, 0.25) is 0 Å². The summed E-state index contributed by atoms with van der Waals surface area (Å²) in [7, 11) is 0. The molecule has 2 aromatic carbocycles. The predicted molar refractivity (Wildman–Crippen MR) is 110 cm³/mol. The van der Waals surface area contributed by atoms with Crippen molar-refractivity contribution < 1.29 is 46.5 Å². The summed E-state index contributed by atoms with van der Waals surface area (Å²) in [6.07, 6.45) is -5.94. The minimum absolute atomic E-state index is 0.0532. The molecule has 0 unspecified atom stereocenters. The Morgan fingerprint density at radius 3 is 1.82 bits per heavy atom. The fourth-order valence-electron chi connectivity index (χ4n) is 3.30. The Morgan fingerprint density at radius 2 is 1.44 bits per heavy atom. The summed E-state index contributed by atoms with van der Waals surface area (Å²) < 4.78 is 58.1. The van der Waals surface area contributed by atoms with Gasteiger partial charge < -0.3 is 20.8 Å². The van der Waals surface area contributed by atoms with E-state index in [4.69, 9.17) is 15.6 Å². The number of hydrogen-bond acceptors (Lipinski definition) is 4. The van der Waals surface area contributed by atoms with E-state index in [9.17, 15) is 36.6 Å². The van der Waals surface area contributed by atoms with Crippen molar-refractivity contribution in [3.8, 4) is 11.1 Å². The van der Waals surface area contributed by atoms with E-state index in [-0.39, 0.29) is 25.3 Å². The number of halogens is 5. The molecule has 3 rings (SSSR count). The first-order chi connectivity index (χ1) is 15.8. The lowest BCUT2D eigenvalue weighted by Crippen LogP contribution is -2.48. The van der Waals surface area contributed by atoms with E-state index < -0.39 is 42.2 Å². The largest absolute Gasteiger partial charge is 0.490 e. The highest BCUT2D eigenvalue weighted by Crippen LogP contribution is 2.26. The van der Waals surface area contributed by atoms with Crippen LogP contribution in [0.3, 0.4) is 0 Å². The smallest absolute Gasteiger partial charge is 0.481 e. The average Bonchev–Trinajstić information content (AvgIpc) is 3.20. The van der Waals surface area contributed by atoms with Crippen LogP contribution in [0.5, 0.6) is 0 Å². The third kappa shape index (κ3) is 6.98. The lowest BCUT2D eigenvalue weighted by Gasteiger charge is -2.25. The van der Waals surface area contributed by atoms with E-state index in [1.807, 2.05) is 0 Å². The number of hydrogen-bond donors (Lipinski definition) is 3. The molecule has 184 valence electrons. The normalized spacial score (nSPS) is 17.4. The summed E-state index contributed by atoms with van der Waals surface area (Å²) in [4.78, 5) is 34.4. The van der Waals surface area contributed by atoms with Crippen LogP contribution in [0.25, 0.3) is 11.1 Å². The Labute approximate surface area is 190 Å². The maximum absolute atomic E-state index is 13.3. The number of likely N-dealkylation sites (tertiary alicyclic amines) is 1. The number of carboxylic acids is 2. The lowest BCUT2D eigenvalue weighted by atomic mass is 9.90. The zero-order valence-corrected chi connectivity index (χ0v) is 17.5. The van der Waals surface area contributed by atoms with Crippen molar-refractivity contribution in [3.05, 3.63) is 59.9 Å². The molecule has 0 spiro atoms. The maximum atomic E-state index is 13.3. The van der Waals surface area contributed by atoms with Gasteiger partial charge in [-0.3, -0.25) is 9.59 Å². The zero-order valence-electron chi connectivity index (χ0n) is 17.5. The molecule has 2 aromatic rings. The van der Waals surface area contributed by atoms with Crippen LogP contribution in [0.15, 0.2) is 48.5 Å². The van der Waals surface area contributed by atoms with Gasteiger partial charge in [0.25, 0.3) is 0 Å². The van der Waals surface area contributed by atoms with Crippen LogP contribution in [0.4, 0.5) is 22.0 Å². The second-order valence-corrected chi connectivity index (χ2v) is 7.44. The average molecular weight is 488 g/mol. The number of nitrogens with zero attached hydrogens (tertiary/aromatic N) is 1. The lowest BCUT2D eigenvalue weighted by molar-refractivity contribution is -0.192. The number of nitrogens with two attached hydrogens (primary N) is 1. The molecular weight excluding hydrogens is 467 g/mol. The molecular formula is C22H21F5N2O5. The van der Waals surface area contributed by atoms with Gasteiger partial charge in [0.2, 0.25) is 5.91 Å². The van der Waals surface area contributed by atoms with Crippen LogP contribution in [0.1, 0.15) is 17.9 Å². The van der Waals surface area contributed by atoms with Gasteiger partial charge in [-0.2, -0.15) is 13.2 Å². The van der Waals surface area contributed by atoms with Crippen molar-refractivity contribution in [2.45, 2.75) is 30.7 Å². The molecule has 34 heavy (non-hydrogen) atoms. The number of alkyl halides is 4. The van der Waals surface area contributed by atoms with E-state index in [1.54, 1.807) is 36.4 Å². The van der Waals surface area contributed by atoms with Gasteiger partial charge in [0.05, 0.1) is 6.54 Å². The van der Waals surface area contributed by atoms with E-state index in [0.717, 1.165) is 11.1 Å². The SMILES string of the molecule is N[C@H](C(=O)N1CC[C@H](F)C1)[C@@H](C(=O)O)c1ccc(-c2ccc(F)cc2)cc1.O=C(O)C(F)(F)F. The van der Waals surface area contributed by atoms with E-state index >= 15 is 0 Å². The number of benzene rings is 2. The summed E-state index contributed by atoms with van der Waals surface area (Å²) in [5.74, 6) is -6.12. The minimum atomic E-state index is -5.08. The molecule has 0 bridgehead atoms. The summed E-state index contributed by atoms with van der Waals surface area (Å²) in [6, 6.07) is 11.2. The van der Waals surface area contributed by atoms with Gasteiger partial charge in [0, 0.05) is 6.54 Å². The summed E-state index contributed by atoms with van der Waals surface area (Å²) in [6.45, 7) is 0.186. The first kappa shape index (κ1) is 26.7. The number of carbonyl (C=O) groups is 3. The third-order valence-electron chi connectivity index (χ3n) is 5.04. The van der Waals surface area contributed by atoms with Gasteiger partial charge in [-0.15, -0.1) is 0 Å². The van der Waals surface area contributed by atoms with Crippen molar-refractivity contribution >= 4 is 17.8 Å². The summed E-state index contributed by atoms with van der Waals surface area (Å²) >= 11 is 0. The van der Waals surface area contributed by atoms with Crippen molar-refractivity contribution in [2.75, 3.05) is 13.1 Å². The zero-order chi connectivity index (χ0) is 25.6. The highest BCUT2D eigenvalue weighted by Gasteiger charge is 2.38. The monoisotopic (exact) mass is 488 g/mol. The van der Waals surface area contributed by atoms with Crippen LogP contribution >= 0.6 is 0 Å². The first-order valence-corrected chi connectivity index (χ1v) is 9.88. The van der Waals surface area contributed by atoms with Gasteiger partial charge in [-0.25, -0.2) is 13.6 Å². The third-order valence-corrected chi connectivity index (χ3v) is 5.04. The molecule has 1 fully saturated rings. The number of aliphatic carboxylic acids is 2. The Balaban J connectivity index is 0.000000509. The van der Waals surface area contributed by atoms with Gasteiger partial charge >= 0.3 is 18.1 Å². The highest BCUT2D eigenvalue weighted by molar-refractivity contribution is 5.90.